The largest absolute Gasteiger partial charge is 0.462 e. The highest BCUT2D eigenvalue weighted by atomic mass is 16.6. The maximum atomic E-state index is 13.0. The molecule has 478 valence electrons. The Labute approximate surface area is 506 Å². The number of hydrogen-bond donors (Lipinski definition) is 0. The third-order valence-corrected chi connectivity index (χ3v) is 17.0. The Bertz CT molecular complexity index is 1310. The van der Waals surface area contributed by atoms with Crippen molar-refractivity contribution >= 4 is 17.9 Å². The van der Waals surface area contributed by atoms with Gasteiger partial charge in [0.05, 0.1) is 0 Å². The van der Waals surface area contributed by atoms with Crippen LogP contribution in [0.4, 0.5) is 0 Å². The van der Waals surface area contributed by atoms with Crippen molar-refractivity contribution < 1.29 is 28.6 Å². The van der Waals surface area contributed by atoms with Crippen molar-refractivity contribution in [3.8, 4) is 0 Å². The molecule has 0 heterocycles. The topological polar surface area (TPSA) is 78.9 Å². The van der Waals surface area contributed by atoms with E-state index in [1.807, 2.05) is 0 Å². The molecule has 0 amide bonds. The molecule has 0 aromatic heterocycles. The predicted octanol–water partition coefficient (Wildman–Crippen LogP) is 25.3. The number of ether oxygens (including phenoxy) is 3. The monoisotopic (exact) mass is 1140 g/mol. The first-order chi connectivity index (χ1) is 40.0. The number of carbonyl (C=O) groups is 3. The first kappa shape index (κ1) is 78.9. The lowest BCUT2D eigenvalue weighted by molar-refractivity contribution is -0.167. The average Bonchev–Trinajstić information content (AvgIpc) is 3.47. The number of carbonyl (C=O) groups excluding carboxylic acids is 3. The van der Waals surface area contributed by atoms with Crippen LogP contribution < -0.4 is 0 Å². The van der Waals surface area contributed by atoms with Gasteiger partial charge in [0.1, 0.15) is 13.2 Å². The predicted molar refractivity (Wildman–Crippen MR) is 353 cm³/mol. The molecule has 6 nitrogen and oxygen atoms in total. The summed E-state index contributed by atoms with van der Waals surface area (Å²) in [7, 11) is 0. The highest BCUT2D eigenvalue weighted by Gasteiger charge is 2.20. The summed E-state index contributed by atoms with van der Waals surface area (Å²) >= 11 is 0. The molecule has 1 unspecified atom stereocenters. The molecular formula is C75H142O6. The van der Waals surface area contributed by atoms with E-state index >= 15 is 0 Å². The van der Waals surface area contributed by atoms with Gasteiger partial charge in [-0.1, -0.05) is 373 Å². The van der Waals surface area contributed by atoms with Crippen LogP contribution in [0.3, 0.4) is 0 Å². The van der Waals surface area contributed by atoms with Crippen molar-refractivity contribution in [2.24, 2.45) is 0 Å². The van der Waals surface area contributed by atoms with Gasteiger partial charge in [0.15, 0.2) is 6.10 Å². The lowest BCUT2D eigenvalue weighted by Gasteiger charge is -2.18. The summed E-state index contributed by atoms with van der Waals surface area (Å²) in [5, 5.41) is 0. The molecule has 0 aliphatic carbocycles. The molecule has 0 radical (unpaired) electrons. The molecule has 0 aliphatic heterocycles. The third kappa shape index (κ3) is 68.6. The van der Waals surface area contributed by atoms with Crippen molar-refractivity contribution in [3.63, 3.8) is 0 Å². The molecule has 0 rings (SSSR count). The Morgan fingerprint density at radius 1 is 0.247 bits per heavy atom. The zero-order valence-electron chi connectivity index (χ0n) is 55.1. The summed E-state index contributed by atoms with van der Waals surface area (Å²) in [6.45, 7) is 6.71. The van der Waals surface area contributed by atoms with Crippen LogP contribution in [0.15, 0.2) is 24.3 Å². The third-order valence-electron chi connectivity index (χ3n) is 17.0. The second kappa shape index (κ2) is 70.4. The number of esters is 3. The van der Waals surface area contributed by atoms with Crippen LogP contribution in [0.2, 0.25) is 0 Å². The zero-order chi connectivity index (χ0) is 58.5. The van der Waals surface area contributed by atoms with Gasteiger partial charge >= 0.3 is 17.9 Å². The summed E-state index contributed by atoms with van der Waals surface area (Å²) in [6, 6.07) is 0. The van der Waals surface area contributed by atoms with E-state index < -0.39 is 6.10 Å². The van der Waals surface area contributed by atoms with Gasteiger partial charge in [-0.25, -0.2) is 0 Å². The van der Waals surface area contributed by atoms with Crippen LogP contribution in [-0.4, -0.2) is 37.2 Å². The van der Waals surface area contributed by atoms with Crippen LogP contribution in [-0.2, 0) is 28.6 Å². The van der Waals surface area contributed by atoms with Gasteiger partial charge in [-0.3, -0.25) is 14.4 Å². The molecule has 0 aliphatic rings. The first-order valence-corrected chi connectivity index (χ1v) is 36.8. The minimum atomic E-state index is -0.773. The van der Waals surface area contributed by atoms with E-state index in [1.54, 1.807) is 0 Å². The van der Waals surface area contributed by atoms with Gasteiger partial charge in [0, 0.05) is 19.3 Å². The van der Waals surface area contributed by atoms with E-state index in [1.165, 1.54) is 308 Å². The molecule has 0 spiro atoms. The smallest absolute Gasteiger partial charge is 0.306 e. The molecular weight excluding hydrogens is 997 g/mol. The molecule has 0 aromatic carbocycles. The maximum Gasteiger partial charge on any atom is 0.306 e. The van der Waals surface area contributed by atoms with Gasteiger partial charge in [0.2, 0.25) is 0 Å². The van der Waals surface area contributed by atoms with E-state index in [9.17, 15) is 14.4 Å². The zero-order valence-corrected chi connectivity index (χ0v) is 55.1. The maximum absolute atomic E-state index is 13.0. The van der Waals surface area contributed by atoms with E-state index in [0.717, 1.165) is 70.6 Å². The second-order valence-electron chi connectivity index (χ2n) is 25.2. The first-order valence-electron chi connectivity index (χ1n) is 36.8. The Hall–Kier alpha value is -2.11. The Morgan fingerprint density at radius 2 is 0.444 bits per heavy atom. The van der Waals surface area contributed by atoms with Crippen molar-refractivity contribution in [1.82, 2.24) is 0 Å². The highest BCUT2D eigenvalue weighted by molar-refractivity contribution is 5.71. The van der Waals surface area contributed by atoms with Crippen LogP contribution in [0.1, 0.15) is 419 Å². The van der Waals surface area contributed by atoms with E-state index in [0.29, 0.717) is 19.3 Å². The number of allylic oxidation sites excluding steroid dienone is 4. The number of hydrogen-bond acceptors (Lipinski definition) is 6. The molecule has 81 heavy (non-hydrogen) atoms. The van der Waals surface area contributed by atoms with Gasteiger partial charge in [-0.2, -0.15) is 0 Å². The van der Waals surface area contributed by atoms with Crippen LogP contribution in [0.25, 0.3) is 0 Å². The normalized spacial score (nSPS) is 12.1. The van der Waals surface area contributed by atoms with Crippen molar-refractivity contribution in [1.29, 1.82) is 0 Å². The molecule has 0 saturated carbocycles. The average molecular weight is 1140 g/mol. The van der Waals surface area contributed by atoms with E-state index in [-0.39, 0.29) is 31.1 Å². The SMILES string of the molecule is CCCCCC/C=C\C/C=C\CCCCCCCCCC(=O)OC(COC(=O)CCCCCCCCCCCCCCCCCCCC)COC(=O)CCCCCCCCCCCCCCCCCCCCCCCCCCCCC. The lowest BCUT2D eigenvalue weighted by atomic mass is 10.0. The fourth-order valence-corrected chi connectivity index (χ4v) is 11.4. The summed E-state index contributed by atoms with van der Waals surface area (Å²) in [5.74, 6) is -0.840. The second-order valence-corrected chi connectivity index (χ2v) is 25.2. The van der Waals surface area contributed by atoms with Crippen molar-refractivity contribution in [3.05, 3.63) is 24.3 Å². The van der Waals surface area contributed by atoms with Crippen molar-refractivity contribution in [2.75, 3.05) is 13.2 Å². The summed E-state index contributed by atoms with van der Waals surface area (Å²) < 4.78 is 17.0. The Morgan fingerprint density at radius 3 is 0.691 bits per heavy atom. The number of unbranched alkanes of at least 4 members (excludes halogenated alkanes) is 54. The van der Waals surface area contributed by atoms with E-state index in [4.69, 9.17) is 14.2 Å². The van der Waals surface area contributed by atoms with Gasteiger partial charge in [-0.15, -0.1) is 0 Å². The lowest BCUT2D eigenvalue weighted by Crippen LogP contribution is -2.30. The van der Waals surface area contributed by atoms with Crippen LogP contribution >= 0.6 is 0 Å². The molecule has 1 atom stereocenters. The molecule has 0 fully saturated rings. The van der Waals surface area contributed by atoms with Crippen molar-refractivity contribution in [2.45, 2.75) is 425 Å². The van der Waals surface area contributed by atoms with Gasteiger partial charge in [0.25, 0.3) is 0 Å². The number of rotatable bonds is 69. The molecule has 0 N–H and O–H groups in total. The molecule has 0 saturated heterocycles. The highest BCUT2D eigenvalue weighted by Crippen LogP contribution is 2.19. The standard InChI is InChI=1S/C75H142O6/c1-4-7-10-13-16-19-22-25-28-31-34-35-36-37-38-39-40-41-42-45-47-50-53-56-59-62-65-68-74(77)80-71-72(81-75(78)69-66-63-60-57-54-51-48-44-33-30-27-24-21-18-15-12-9-6-3)70-79-73(76)67-64-61-58-55-52-49-46-43-32-29-26-23-20-17-14-11-8-5-2/h21,24,30,33,72H,4-20,22-23,25-29,31-32,34-71H2,1-3H3/b24-21-,33-30-. The summed E-state index contributed by atoms with van der Waals surface area (Å²) in [5.41, 5.74) is 0. The van der Waals surface area contributed by atoms with Crippen LogP contribution in [0, 0.1) is 0 Å². The fraction of sp³-hybridized carbons (Fsp3) is 0.907. The minimum absolute atomic E-state index is 0.0679. The minimum Gasteiger partial charge on any atom is -0.462 e. The van der Waals surface area contributed by atoms with Gasteiger partial charge in [-0.05, 0) is 51.4 Å². The Kier molecular flexibility index (Phi) is 68.5. The Balaban J connectivity index is 4.24. The van der Waals surface area contributed by atoms with Gasteiger partial charge < -0.3 is 14.2 Å². The van der Waals surface area contributed by atoms with Crippen LogP contribution in [0.5, 0.6) is 0 Å². The summed E-state index contributed by atoms with van der Waals surface area (Å²) in [4.78, 5) is 38.5. The molecule has 0 aromatic rings. The fourth-order valence-electron chi connectivity index (χ4n) is 11.4. The quantitative estimate of drug-likeness (QED) is 0.0261. The summed E-state index contributed by atoms with van der Waals surface area (Å²) in [6.07, 6.45) is 86.4. The van der Waals surface area contributed by atoms with E-state index in [2.05, 4.69) is 45.1 Å². The molecule has 0 bridgehead atoms. The molecule has 6 heteroatoms.